The predicted molar refractivity (Wildman–Crippen MR) is 121 cm³/mol. The summed E-state index contributed by atoms with van der Waals surface area (Å²) in [5, 5.41) is 0.646. The van der Waals surface area contributed by atoms with Crippen molar-refractivity contribution in [1.29, 1.82) is 0 Å². The number of benzene rings is 2. The number of nitrogens with zero attached hydrogens (tertiary/aromatic N) is 2. The Balaban J connectivity index is 1.82. The number of rotatable bonds is 5. The molecule has 31 heavy (non-hydrogen) atoms. The Bertz CT molecular complexity index is 1100. The first kappa shape index (κ1) is 21.1. The average Bonchev–Trinajstić information content (AvgIpc) is 3.20. The number of carbonyl (C=O) groups is 2. The van der Waals surface area contributed by atoms with Crippen molar-refractivity contribution in [2.45, 2.75) is 13.8 Å². The SMILES string of the molecule is CCOc1cc2c(cc1/C=C1/C(=O)N(CC)C(=S)N(c3ccc(Cl)cc3)C1=O)OCO2. The van der Waals surface area contributed by atoms with Crippen LogP contribution in [-0.4, -0.2) is 41.8 Å². The zero-order chi connectivity index (χ0) is 22.1. The van der Waals surface area contributed by atoms with Crippen LogP contribution in [0.4, 0.5) is 5.69 Å². The second kappa shape index (κ2) is 8.56. The third-order valence-corrected chi connectivity index (χ3v) is 5.49. The van der Waals surface area contributed by atoms with Gasteiger partial charge in [-0.2, -0.15) is 0 Å². The molecule has 4 rings (SSSR count). The molecule has 0 radical (unpaired) electrons. The largest absolute Gasteiger partial charge is 0.493 e. The standard InChI is InChI=1S/C22H19ClN2O5S/c1-3-24-20(26)16(21(27)25(22(24)31)15-7-5-14(23)6-8-15)9-13-10-18-19(30-12-29-18)11-17(13)28-4-2/h5-11H,3-4,12H2,1-2H3/b16-9-. The second-order valence-corrected chi connectivity index (χ2v) is 7.48. The third-order valence-electron chi connectivity index (χ3n) is 4.84. The van der Waals surface area contributed by atoms with Gasteiger partial charge in [0.2, 0.25) is 6.79 Å². The van der Waals surface area contributed by atoms with Gasteiger partial charge in [0.25, 0.3) is 11.8 Å². The molecule has 1 fully saturated rings. The summed E-state index contributed by atoms with van der Waals surface area (Å²) in [6.45, 7) is 4.45. The number of fused-ring (bicyclic) bond motifs is 1. The number of amides is 2. The molecule has 2 amide bonds. The van der Waals surface area contributed by atoms with Crippen molar-refractivity contribution in [3.05, 3.63) is 52.6 Å². The Hall–Kier alpha value is -3.10. The van der Waals surface area contributed by atoms with Gasteiger partial charge >= 0.3 is 0 Å². The van der Waals surface area contributed by atoms with Gasteiger partial charge in [0.1, 0.15) is 11.3 Å². The summed E-state index contributed by atoms with van der Waals surface area (Å²) in [4.78, 5) is 29.2. The Morgan fingerprint density at radius 3 is 2.42 bits per heavy atom. The van der Waals surface area contributed by atoms with Crippen molar-refractivity contribution in [3.8, 4) is 17.2 Å². The molecule has 2 heterocycles. The molecule has 7 nitrogen and oxygen atoms in total. The van der Waals surface area contributed by atoms with Crippen molar-refractivity contribution in [2.24, 2.45) is 0 Å². The van der Waals surface area contributed by atoms with Gasteiger partial charge in [0, 0.05) is 23.2 Å². The molecule has 0 aliphatic carbocycles. The lowest BCUT2D eigenvalue weighted by molar-refractivity contribution is -0.127. The van der Waals surface area contributed by atoms with Crippen molar-refractivity contribution >= 4 is 52.5 Å². The summed E-state index contributed by atoms with van der Waals surface area (Å²) >= 11 is 11.4. The van der Waals surface area contributed by atoms with E-state index in [1.165, 1.54) is 15.9 Å². The molecule has 0 aromatic heterocycles. The fourth-order valence-corrected chi connectivity index (χ4v) is 3.89. The van der Waals surface area contributed by atoms with Gasteiger partial charge in [-0.25, -0.2) is 0 Å². The first-order chi connectivity index (χ1) is 14.9. The van der Waals surface area contributed by atoms with E-state index in [-0.39, 0.29) is 17.5 Å². The van der Waals surface area contributed by atoms with Gasteiger partial charge in [0.05, 0.1) is 12.3 Å². The fourth-order valence-electron chi connectivity index (χ4n) is 3.36. The van der Waals surface area contributed by atoms with Crippen molar-refractivity contribution in [3.63, 3.8) is 0 Å². The molecule has 1 saturated heterocycles. The molecule has 9 heteroatoms. The quantitative estimate of drug-likeness (QED) is 0.383. The maximum absolute atomic E-state index is 13.4. The van der Waals surface area contributed by atoms with E-state index in [9.17, 15) is 9.59 Å². The number of thiocarbonyl (C=S) groups is 1. The Kier molecular flexibility index (Phi) is 5.84. The van der Waals surface area contributed by atoms with Crippen LogP contribution in [0.15, 0.2) is 42.0 Å². The Morgan fingerprint density at radius 2 is 1.77 bits per heavy atom. The molecule has 0 N–H and O–H groups in total. The van der Waals surface area contributed by atoms with E-state index in [4.69, 9.17) is 38.0 Å². The van der Waals surface area contributed by atoms with Crippen molar-refractivity contribution in [2.75, 3.05) is 24.8 Å². The summed E-state index contributed by atoms with van der Waals surface area (Å²) in [5.74, 6) is 0.550. The monoisotopic (exact) mass is 458 g/mol. The lowest BCUT2D eigenvalue weighted by Gasteiger charge is -2.36. The minimum Gasteiger partial charge on any atom is -0.493 e. The molecule has 160 valence electrons. The normalized spacial score (nSPS) is 17.0. The van der Waals surface area contributed by atoms with Crippen LogP contribution >= 0.6 is 23.8 Å². The van der Waals surface area contributed by atoms with Gasteiger partial charge < -0.3 is 14.2 Å². The molecule has 0 atom stereocenters. The van der Waals surface area contributed by atoms with Crippen LogP contribution in [0.25, 0.3) is 6.08 Å². The van der Waals surface area contributed by atoms with E-state index in [2.05, 4.69) is 0 Å². The predicted octanol–water partition coefficient (Wildman–Crippen LogP) is 4.03. The topological polar surface area (TPSA) is 68.3 Å². The summed E-state index contributed by atoms with van der Waals surface area (Å²) < 4.78 is 16.6. The number of halogens is 1. The zero-order valence-corrected chi connectivity index (χ0v) is 18.5. The Morgan fingerprint density at radius 1 is 1.10 bits per heavy atom. The number of hydrogen-bond donors (Lipinski definition) is 0. The summed E-state index contributed by atoms with van der Waals surface area (Å²) in [7, 11) is 0. The van der Waals surface area contributed by atoms with Crippen LogP contribution in [0.2, 0.25) is 5.02 Å². The van der Waals surface area contributed by atoms with Crippen molar-refractivity contribution in [1.82, 2.24) is 4.90 Å². The second-order valence-electron chi connectivity index (χ2n) is 6.68. The Labute approximate surface area is 189 Å². The van der Waals surface area contributed by atoms with Crippen LogP contribution in [0, 0.1) is 0 Å². The van der Waals surface area contributed by atoms with Gasteiger partial charge in [-0.3, -0.25) is 19.4 Å². The van der Waals surface area contributed by atoms with Crippen LogP contribution in [-0.2, 0) is 9.59 Å². The summed E-state index contributed by atoms with van der Waals surface area (Å²) in [5.41, 5.74) is 1.01. The number of anilines is 1. The molecular weight excluding hydrogens is 440 g/mol. The van der Waals surface area contributed by atoms with Crippen LogP contribution in [0.1, 0.15) is 19.4 Å². The van der Waals surface area contributed by atoms with E-state index in [0.717, 1.165) is 0 Å². The maximum atomic E-state index is 13.4. The minimum atomic E-state index is -0.526. The molecule has 0 bridgehead atoms. The van der Waals surface area contributed by atoms with Crippen LogP contribution in [0.5, 0.6) is 17.2 Å². The summed E-state index contributed by atoms with van der Waals surface area (Å²) in [6, 6.07) is 10.1. The van der Waals surface area contributed by atoms with Gasteiger partial charge in [-0.15, -0.1) is 0 Å². The first-order valence-electron chi connectivity index (χ1n) is 9.68. The highest BCUT2D eigenvalue weighted by Gasteiger charge is 2.39. The van der Waals surface area contributed by atoms with E-state index in [1.54, 1.807) is 43.3 Å². The maximum Gasteiger partial charge on any atom is 0.270 e. The lowest BCUT2D eigenvalue weighted by atomic mass is 10.0. The molecule has 2 aromatic carbocycles. The highest BCUT2D eigenvalue weighted by Crippen LogP contribution is 2.39. The van der Waals surface area contributed by atoms with E-state index < -0.39 is 11.8 Å². The lowest BCUT2D eigenvalue weighted by Crippen LogP contribution is -2.56. The van der Waals surface area contributed by atoms with Crippen molar-refractivity contribution < 1.29 is 23.8 Å². The van der Waals surface area contributed by atoms with Gasteiger partial charge in [-0.05, 0) is 62.5 Å². The molecule has 2 aromatic rings. The summed E-state index contributed by atoms with van der Waals surface area (Å²) in [6.07, 6.45) is 1.50. The number of ether oxygens (including phenoxy) is 3. The van der Waals surface area contributed by atoms with E-state index in [0.29, 0.717) is 46.7 Å². The molecule has 2 aliphatic heterocycles. The minimum absolute atomic E-state index is 0.0368. The number of likely N-dealkylation sites (N-methyl/N-ethyl adjacent to an activating group) is 1. The molecule has 0 spiro atoms. The molecular formula is C22H19ClN2O5S. The smallest absolute Gasteiger partial charge is 0.270 e. The highest BCUT2D eigenvalue weighted by molar-refractivity contribution is 7.80. The highest BCUT2D eigenvalue weighted by atomic mass is 35.5. The fraction of sp³-hybridized carbons (Fsp3) is 0.227. The average molecular weight is 459 g/mol. The number of hydrogen-bond acceptors (Lipinski definition) is 6. The first-order valence-corrected chi connectivity index (χ1v) is 10.5. The zero-order valence-electron chi connectivity index (χ0n) is 16.9. The van der Waals surface area contributed by atoms with E-state index in [1.807, 2.05) is 6.92 Å². The van der Waals surface area contributed by atoms with Gasteiger partial charge in [0.15, 0.2) is 16.6 Å². The third kappa shape index (κ3) is 3.84. The number of carbonyl (C=O) groups excluding carboxylic acids is 2. The van der Waals surface area contributed by atoms with E-state index >= 15 is 0 Å². The van der Waals surface area contributed by atoms with Crippen LogP contribution in [0.3, 0.4) is 0 Å². The molecule has 2 aliphatic rings. The van der Waals surface area contributed by atoms with Gasteiger partial charge in [-0.1, -0.05) is 11.6 Å². The molecule has 0 unspecified atom stereocenters. The molecule has 0 saturated carbocycles. The van der Waals surface area contributed by atoms with Crippen LogP contribution < -0.4 is 19.1 Å².